The van der Waals surface area contributed by atoms with E-state index in [2.05, 4.69) is 41.9 Å². The van der Waals surface area contributed by atoms with Gasteiger partial charge in [-0.25, -0.2) is 4.98 Å². The molecule has 2 aromatic carbocycles. The maximum atomic E-state index is 12.2. The number of nitrogens with zero attached hydrogens (tertiary/aromatic N) is 2. The Hall–Kier alpha value is -2.82. The Morgan fingerprint density at radius 2 is 1.90 bits per heavy atom. The van der Waals surface area contributed by atoms with Crippen LogP contribution in [0.15, 0.2) is 48.5 Å². The van der Waals surface area contributed by atoms with E-state index in [1.807, 2.05) is 37.3 Å². The van der Waals surface area contributed by atoms with Gasteiger partial charge in [0.2, 0.25) is 5.91 Å². The van der Waals surface area contributed by atoms with E-state index >= 15 is 0 Å². The second-order valence-electron chi connectivity index (χ2n) is 8.34. The summed E-state index contributed by atoms with van der Waals surface area (Å²) in [5.41, 5.74) is 3.35. The van der Waals surface area contributed by atoms with Crippen LogP contribution in [0, 0.1) is 5.92 Å². The van der Waals surface area contributed by atoms with Crippen LogP contribution in [0.3, 0.4) is 0 Å². The highest BCUT2D eigenvalue weighted by Crippen LogP contribution is 2.30. The van der Waals surface area contributed by atoms with Gasteiger partial charge in [-0.1, -0.05) is 38.1 Å². The van der Waals surface area contributed by atoms with Crippen LogP contribution >= 0.6 is 0 Å². The van der Waals surface area contributed by atoms with Crippen LogP contribution in [0.2, 0.25) is 0 Å². The van der Waals surface area contributed by atoms with Crippen LogP contribution in [0.4, 0.5) is 0 Å². The Bertz CT molecular complexity index is 1000. The molecule has 0 aliphatic heterocycles. The summed E-state index contributed by atoms with van der Waals surface area (Å²) in [4.78, 5) is 17.0. The lowest BCUT2D eigenvalue weighted by molar-refractivity contribution is -0.123. The molecule has 1 aliphatic rings. The van der Waals surface area contributed by atoms with Crippen LogP contribution in [0.5, 0.6) is 5.75 Å². The van der Waals surface area contributed by atoms with Crippen molar-refractivity contribution in [2.75, 3.05) is 6.61 Å². The number of imidazole rings is 1. The predicted octanol–water partition coefficient (Wildman–Crippen LogP) is 5.22. The first-order valence-electron chi connectivity index (χ1n) is 11.0. The SMILES string of the molecule is CCC(C)c1ccc(OCCn2c(C(C)NC(=O)C3CC3)nc3ccccc32)cc1. The van der Waals surface area contributed by atoms with E-state index in [-0.39, 0.29) is 17.9 Å². The monoisotopic (exact) mass is 405 g/mol. The minimum absolute atomic E-state index is 0.138. The molecule has 4 rings (SSSR count). The topological polar surface area (TPSA) is 56.1 Å². The van der Waals surface area contributed by atoms with E-state index in [1.165, 1.54) is 5.56 Å². The Morgan fingerprint density at radius 1 is 1.17 bits per heavy atom. The maximum Gasteiger partial charge on any atom is 0.223 e. The van der Waals surface area contributed by atoms with E-state index < -0.39 is 0 Å². The van der Waals surface area contributed by atoms with Gasteiger partial charge in [0.1, 0.15) is 18.2 Å². The first kappa shape index (κ1) is 20.5. The van der Waals surface area contributed by atoms with Crippen molar-refractivity contribution in [3.8, 4) is 5.75 Å². The molecule has 1 heterocycles. The third-order valence-electron chi connectivity index (χ3n) is 6.02. The molecule has 1 fully saturated rings. The largest absolute Gasteiger partial charge is 0.492 e. The second kappa shape index (κ2) is 8.90. The van der Waals surface area contributed by atoms with Crippen LogP contribution in [-0.2, 0) is 11.3 Å². The molecule has 3 aromatic rings. The van der Waals surface area contributed by atoms with Crippen molar-refractivity contribution < 1.29 is 9.53 Å². The minimum Gasteiger partial charge on any atom is -0.492 e. The maximum absolute atomic E-state index is 12.2. The first-order chi connectivity index (χ1) is 14.6. The van der Waals surface area contributed by atoms with Crippen LogP contribution < -0.4 is 10.1 Å². The molecule has 5 heteroatoms. The molecular weight excluding hydrogens is 374 g/mol. The van der Waals surface area contributed by atoms with Gasteiger partial charge in [0.15, 0.2) is 0 Å². The Labute approximate surface area is 178 Å². The summed E-state index contributed by atoms with van der Waals surface area (Å²) >= 11 is 0. The van der Waals surface area contributed by atoms with Crippen molar-refractivity contribution in [3.05, 3.63) is 59.9 Å². The fourth-order valence-electron chi connectivity index (χ4n) is 3.78. The van der Waals surface area contributed by atoms with Gasteiger partial charge in [0.05, 0.1) is 23.6 Å². The van der Waals surface area contributed by atoms with E-state index in [9.17, 15) is 4.79 Å². The predicted molar refractivity (Wildman–Crippen MR) is 120 cm³/mol. The lowest BCUT2D eigenvalue weighted by Crippen LogP contribution is -2.30. The lowest BCUT2D eigenvalue weighted by atomic mass is 9.99. The van der Waals surface area contributed by atoms with Gasteiger partial charge >= 0.3 is 0 Å². The number of carbonyl (C=O) groups excluding carboxylic acids is 1. The molecule has 0 radical (unpaired) electrons. The molecule has 0 saturated heterocycles. The number of hydrogen-bond acceptors (Lipinski definition) is 3. The van der Waals surface area contributed by atoms with Crippen molar-refractivity contribution in [3.63, 3.8) is 0 Å². The van der Waals surface area contributed by atoms with Gasteiger partial charge in [-0.3, -0.25) is 4.79 Å². The van der Waals surface area contributed by atoms with E-state index in [1.54, 1.807) is 0 Å². The Kier molecular flexibility index (Phi) is 6.07. The molecule has 1 aliphatic carbocycles. The van der Waals surface area contributed by atoms with Crippen molar-refractivity contribution in [2.24, 2.45) is 5.92 Å². The number of para-hydroxylation sites is 2. The molecule has 30 heavy (non-hydrogen) atoms. The first-order valence-corrected chi connectivity index (χ1v) is 11.0. The number of ether oxygens (including phenoxy) is 1. The molecule has 1 amide bonds. The summed E-state index contributed by atoms with van der Waals surface area (Å²) in [6.45, 7) is 7.67. The third kappa shape index (κ3) is 4.50. The highest BCUT2D eigenvalue weighted by atomic mass is 16.5. The van der Waals surface area contributed by atoms with E-state index in [4.69, 9.17) is 9.72 Å². The van der Waals surface area contributed by atoms with Crippen LogP contribution in [-0.4, -0.2) is 22.1 Å². The quantitative estimate of drug-likeness (QED) is 0.531. The molecule has 5 nitrogen and oxygen atoms in total. The fraction of sp³-hybridized carbons (Fsp3) is 0.440. The zero-order valence-corrected chi connectivity index (χ0v) is 18.1. The van der Waals surface area contributed by atoms with Gasteiger partial charge in [0.25, 0.3) is 0 Å². The summed E-state index contributed by atoms with van der Waals surface area (Å²) in [6, 6.07) is 16.4. The summed E-state index contributed by atoms with van der Waals surface area (Å²) in [7, 11) is 0. The normalized spacial score (nSPS) is 15.7. The highest BCUT2D eigenvalue weighted by Gasteiger charge is 2.31. The number of fused-ring (bicyclic) bond motifs is 1. The van der Waals surface area contributed by atoms with Crippen molar-refractivity contribution in [2.45, 2.75) is 58.5 Å². The molecule has 0 bridgehead atoms. The molecule has 0 spiro atoms. The third-order valence-corrected chi connectivity index (χ3v) is 6.02. The number of nitrogens with one attached hydrogen (secondary N) is 1. The number of carbonyl (C=O) groups is 1. The van der Waals surface area contributed by atoms with Gasteiger partial charge in [-0.05, 0) is 61.9 Å². The molecule has 1 N–H and O–H groups in total. The number of hydrogen-bond donors (Lipinski definition) is 1. The van der Waals surface area contributed by atoms with Crippen molar-refractivity contribution >= 4 is 16.9 Å². The molecule has 158 valence electrons. The average Bonchev–Trinajstić information content (AvgIpc) is 3.56. The van der Waals surface area contributed by atoms with E-state index in [0.717, 1.165) is 41.9 Å². The number of rotatable bonds is 9. The zero-order chi connectivity index (χ0) is 21.1. The molecule has 2 unspecified atom stereocenters. The fourth-order valence-corrected chi connectivity index (χ4v) is 3.78. The zero-order valence-electron chi connectivity index (χ0n) is 18.1. The highest BCUT2D eigenvalue weighted by molar-refractivity contribution is 5.81. The van der Waals surface area contributed by atoms with Crippen LogP contribution in [0.25, 0.3) is 11.0 Å². The lowest BCUT2D eigenvalue weighted by Gasteiger charge is -2.17. The molecular formula is C25H31N3O2. The van der Waals surface area contributed by atoms with Gasteiger partial charge in [-0.15, -0.1) is 0 Å². The van der Waals surface area contributed by atoms with E-state index in [0.29, 0.717) is 19.1 Å². The minimum atomic E-state index is -0.139. The van der Waals surface area contributed by atoms with Crippen molar-refractivity contribution in [1.29, 1.82) is 0 Å². The van der Waals surface area contributed by atoms with Gasteiger partial charge in [0, 0.05) is 5.92 Å². The van der Waals surface area contributed by atoms with Crippen LogP contribution in [0.1, 0.15) is 63.4 Å². The van der Waals surface area contributed by atoms with Gasteiger partial charge < -0.3 is 14.6 Å². The molecule has 2 atom stereocenters. The van der Waals surface area contributed by atoms with Crippen molar-refractivity contribution in [1.82, 2.24) is 14.9 Å². The Balaban J connectivity index is 1.46. The number of aromatic nitrogens is 2. The number of amides is 1. The summed E-state index contributed by atoms with van der Waals surface area (Å²) in [5, 5.41) is 3.13. The van der Waals surface area contributed by atoms with Gasteiger partial charge in [-0.2, -0.15) is 0 Å². The second-order valence-corrected chi connectivity index (χ2v) is 8.34. The molecule has 1 saturated carbocycles. The molecule has 1 aromatic heterocycles. The number of benzene rings is 2. The Morgan fingerprint density at radius 3 is 2.60 bits per heavy atom. The summed E-state index contributed by atoms with van der Waals surface area (Å²) < 4.78 is 8.19. The summed E-state index contributed by atoms with van der Waals surface area (Å²) in [5.74, 6) is 2.64. The average molecular weight is 406 g/mol. The standard InChI is InChI=1S/C25H31N3O2/c1-4-17(2)19-11-13-21(14-12-19)30-16-15-28-23-8-6-5-7-22(23)27-24(28)18(3)26-25(29)20-9-10-20/h5-8,11-14,17-18,20H,4,9-10,15-16H2,1-3H3,(H,26,29). The summed E-state index contributed by atoms with van der Waals surface area (Å²) in [6.07, 6.45) is 3.13. The smallest absolute Gasteiger partial charge is 0.223 e.